The molecule has 1 amide bonds. The molecule has 0 radical (unpaired) electrons. The maximum atomic E-state index is 11.8. The van der Waals surface area contributed by atoms with Crippen molar-refractivity contribution in [2.24, 2.45) is 5.10 Å². The van der Waals surface area contributed by atoms with Crippen LogP contribution in [-0.2, 0) is 4.79 Å². The van der Waals surface area contributed by atoms with E-state index in [1.165, 1.54) is 0 Å². The van der Waals surface area contributed by atoms with Crippen LogP contribution in [0, 0.1) is 0 Å². The van der Waals surface area contributed by atoms with E-state index in [0.717, 1.165) is 11.3 Å². The van der Waals surface area contributed by atoms with Gasteiger partial charge >= 0.3 is 0 Å². The molecule has 0 unspecified atom stereocenters. The third-order valence-electron chi connectivity index (χ3n) is 3.11. The third-order valence-corrected chi connectivity index (χ3v) is 3.96. The van der Waals surface area contributed by atoms with Gasteiger partial charge in [0.25, 0.3) is 5.91 Å². The number of methoxy groups -OCH3 is 1. The number of hydrazone groups is 1. The molecule has 0 saturated carbocycles. The quantitative estimate of drug-likeness (QED) is 0.577. The number of carbonyl (C=O) groups excluding carboxylic acids is 1. The van der Waals surface area contributed by atoms with Crippen molar-refractivity contribution in [3.05, 3.63) is 57.5 Å². The number of ether oxygens (including phenoxy) is 2. The fourth-order valence-electron chi connectivity index (χ4n) is 1.81. The van der Waals surface area contributed by atoms with Crippen molar-refractivity contribution in [2.45, 2.75) is 6.92 Å². The normalized spacial score (nSPS) is 11.1. The van der Waals surface area contributed by atoms with Crippen LogP contribution in [0.4, 0.5) is 0 Å². The van der Waals surface area contributed by atoms with E-state index < -0.39 is 0 Å². The van der Waals surface area contributed by atoms with Gasteiger partial charge in [-0.2, -0.15) is 5.10 Å². The average Bonchev–Trinajstić information content (AvgIpc) is 2.59. The standard InChI is InChI=1S/C17H16BrClN2O3/c1-11(12-3-6-14(23-2)7-4-12)20-21-17(22)10-24-16-8-5-13(19)9-15(16)18/h3-9H,10H2,1-2H3,(H,21,22)/b20-11+. The number of hydrogen-bond donors (Lipinski definition) is 1. The molecular weight excluding hydrogens is 396 g/mol. The molecule has 0 aliphatic carbocycles. The predicted octanol–water partition coefficient (Wildman–Crippen LogP) is 4.03. The van der Waals surface area contributed by atoms with Gasteiger partial charge in [0.05, 0.1) is 17.3 Å². The molecule has 0 aromatic heterocycles. The van der Waals surface area contributed by atoms with E-state index in [-0.39, 0.29) is 12.5 Å². The monoisotopic (exact) mass is 410 g/mol. The second-order valence-electron chi connectivity index (χ2n) is 4.82. The molecule has 7 heteroatoms. The second-order valence-corrected chi connectivity index (χ2v) is 6.11. The first-order valence-corrected chi connectivity index (χ1v) is 8.22. The third kappa shape index (κ3) is 5.25. The van der Waals surface area contributed by atoms with Crippen LogP contribution in [0.3, 0.4) is 0 Å². The van der Waals surface area contributed by atoms with E-state index in [4.69, 9.17) is 21.1 Å². The minimum atomic E-state index is -0.357. The van der Waals surface area contributed by atoms with Crippen molar-refractivity contribution < 1.29 is 14.3 Å². The maximum Gasteiger partial charge on any atom is 0.277 e. The van der Waals surface area contributed by atoms with Gasteiger partial charge in [-0.15, -0.1) is 0 Å². The molecule has 0 heterocycles. The Hall–Kier alpha value is -2.05. The number of halogens is 2. The number of carbonyl (C=O) groups is 1. The fourth-order valence-corrected chi connectivity index (χ4v) is 2.61. The highest BCUT2D eigenvalue weighted by molar-refractivity contribution is 9.10. The largest absolute Gasteiger partial charge is 0.497 e. The zero-order valence-electron chi connectivity index (χ0n) is 13.2. The van der Waals surface area contributed by atoms with Gasteiger partial charge in [0.2, 0.25) is 0 Å². The molecule has 0 aliphatic rings. The Kier molecular flexibility index (Phi) is 6.63. The molecule has 126 valence electrons. The lowest BCUT2D eigenvalue weighted by Gasteiger charge is -2.08. The smallest absolute Gasteiger partial charge is 0.277 e. The molecule has 2 aromatic carbocycles. The minimum absolute atomic E-state index is 0.153. The summed E-state index contributed by atoms with van der Waals surface area (Å²) in [5, 5.41) is 4.64. The second kappa shape index (κ2) is 8.70. The first-order chi connectivity index (χ1) is 11.5. The van der Waals surface area contributed by atoms with Crippen LogP contribution in [0.1, 0.15) is 12.5 Å². The zero-order valence-corrected chi connectivity index (χ0v) is 15.5. The van der Waals surface area contributed by atoms with Crippen LogP contribution in [0.15, 0.2) is 52.0 Å². The number of nitrogens with one attached hydrogen (secondary N) is 1. The molecule has 24 heavy (non-hydrogen) atoms. The summed E-state index contributed by atoms with van der Waals surface area (Å²) < 4.78 is 11.2. The number of rotatable bonds is 6. The van der Waals surface area contributed by atoms with E-state index >= 15 is 0 Å². The lowest BCUT2D eigenvalue weighted by atomic mass is 10.1. The first kappa shape index (κ1) is 18.3. The molecule has 0 bridgehead atoms. The van der Waals surface area contributed by atoms with Gasteiger partial charge in [-0.3, -0.25) is 4.79 Å². The average molecular weight is 412 g/mol. The summed E-state index contributed by atoms with van der Waals surface area (Å²) in [5.74, 6) is 0.938. The highest BCUT2D eigenvalue weighted by Gasteiger charge is 2.06. The van der Waals surface area contributed by atoms with Crippen molar-refractivity contribution in [1.82, 2.24) is 5.43 Å². The molecule has 5 nitrogen and oxygen atoms in total. The first-order valence-electron chi connectivity index (χ1n) is 7.05. The summed E-state index contributed by atoms with van der Waals surface area (Å²) in [6.45, 7) is 1.65. The topological polar surface area (TPSA) is 59.9 Å². The summed E-state index contributed by atoms with van der Waals surface area (Å²) in [5.41, 5.74) is 4.03. The Morgan fingerprint density at radius 3 is 2.58 bits per heavy atom. The Morgan fingerprint density at radius 1 is 1.25 bits per heavy atom. The van der Waals surface area contributed by atoms with Gasteiger partial charge < -0.3 is 9.47 Å². The van der Waals surface area contributed by atoms with Crippen LogP contribution in [-0.4, -0.2) is 25.3 Å². The number of amides is 1. The molecule has 0 fully saturated rings. The molecule has 0 atom stereocenters. The molecule has 2 rings (SSSR count). The molecule has 2 aromatic rings. The van der Waals surface area contributed by atoms with Crippen LogP contribution in [0.25, 0.3) is 0 Å². The van der Waals surface area contributed by atoms with Crippen LogP contribution >= 0.6 is 27.5 Å². The highest BCUT2D eigenvalue weighted by Crippen LogP contribution is 2.27. The van der Waals surface area contributed by atoms with Crippen LogP contribution < -0.4 is 14.9 Å². The number of hydrogen-bond acceptors (Lipinski definition) is 4. The summed E-state index contributed by atoms with van der Waals surface area (Å²) in [6, 6.07) is 12.5. The predicted molar refractivity (Wildman–Crippen MR) is 98.0 cm³/mol. The number of benzene rings is 2. The van der Waals surface area contributed by atoms with Crippen LogP contribution in [0.2, 0.25) is 5.02 Å². The van der Waals surface area contributed by atoms with Gasteiger partial charge in [-0.05, 0) is 70.9 Å². The lowest BCUT2D eigenvalue weighted by Crippen LogP contribution is -2.25. The maximum absolute atomic E-state index is 11.8. The minimum Gasteiger partial charge on any atom is -0.497 e. The number of nitrogens with zero attached hydrogens (tertiary/aromatic N) is 1. The van der Waals surface area contributed by atoms with E-state index in [2.05, 4.69) is 26.5 Å². The summed E-state index contributed by atoms with van der Waals surface area (Å²) in [7, 11) is 1.61. The molecule has 0 aliphatic heterocycles. The van der Waals surface area contributed by atoms with Gasteiger partial charge in [0, 0.05) is 5.02 Å². The van der Waals surface area contributed by atoms with Gasteiger partial charge in [-0.1, -0.05) is 11.6 Å². The van der Waals surface area contributed by atoms with Crippen molar-refractivity contribution in [1.29, 1.82) is 0 Å². The summed E-state index contributed by atoms with van der Waals surface area (Å²) in [4.78, 5) is 11.8. The van der Waals surface area contributed by atoms with E-state index in [9.17, 15) is 4.79 Å². The molecule has 0 spiro atoms. The van der Waals surface area contributed by atoms with Crippen molar-refractivity contribution in [3.8, 4) is 11.5 Å². The van der Waals surface area contributed by atoms with E-state index in [1.807, 2.05) is 24.3 Å². The Morgan fingerprint density at radius 2 is 1.96 bits per heavy atom. The highest BCUT2D eigenvalue weighted by atomic mass is 79.9. The lowest BCUT2D eigenvalue weighted by molar-refractivity contribution is -0.123. The molecular formula is C17H16BrClN2O3. The van der Waals surface area contributed by atoms with Crippen LogP contribution in [0.5, 0.6) is 11.5 Å². The van der Waals surface area contributed by atoms with Gasteiger partial charge in [0.1, 0.15) is 11.5 Å². The van der Waals surface area contributed by atoms with E-state index in [0.29, 0.717) is 21.0 Å². The van der Waals surface area contributed by atoms with Crippen molar-refractivity contribution in [2.75, 3.05) is 13.7 Å². The Labute approximate surface area is 153 Å². The Bertz CT molecular complexity index is 748. The molecule has 1 N–H and O–H groups in total. The SMILES string of the molecule is COc1ccc(/C(C)=N/NC(=O)COc2ccc(Cl)cc2Br)cc1. The summed E-state index contributed by atoms with van der Waals surface area (Å²) in [6.07, 6.45) is 0. The summed E-state index contributed by atoms with van der Waals surface area (Å²) >= 11 is 9.17. The van der Waals surface area contributed by atoms with Crippen molar-refractivity contribution >= 4 is 39.1 Å². The van der Waals surface area contributed by atoms with Crippen molar-refractivity contribution in [3.63, 3.8) is 0 Å². The van der Waals surface area contributed by atoms with Gasteiger partial charge in [0.15, 0.2) is 6.61 Å². The molecule has 0 saturated heterocycles. The fraction of sp³-hybridized carbons (Fsp3) is 0.176. The van der Waals surface area contributed by atoms with E-state index in [1.54, 1.807) is 32.2 Å². The zero-order chi connectivity index (χ0) is 17.5. The van der Waals surface area contributed by atoms with Gasteiger partial charge in [-0.25, -0.2) is 5.43 Å². The Balaban J connectivity index is 1.89.